The van der Waals surface area contributed by atoms with E-state index in [1.165, 1.54) is 18.2 Å². The van der Waals surface area contributed by atoms with Crippen LogP contribution in [0.4, 0.5) is 10.1 Å². The van der Waals surface area contributed by atoms with Gasteiger partial charge in [-0.25, -0.2) is 4.39 Å². The highest BCUT2D eigenvalue weighted by Gasteiger charge is 2.15. The first kappa shape index (κ1) is 15.7. The van der Waals surface area contributed by atoms with Crippen LogP contribution >= 0.6 is 23.2 Å². The van der Waals surface area contributed by atoms with E-state index < -0.39 is 5.82 Å². The number of fused-ring (bicyclic) bond motifs is 1. The third-order valence-electron chi connectivity index (χ3n) is 3.34. The van der Waals surface area contributed by atoms with E-state index in [-0.39, 0.29) is 10.9 Å². The number of rotatable bonds is 2. The van der Waals surface area contributed by atoms with Crippen LogP contribution in [0.25, 0.3) is 10.9 Å². The van der Waals surface area contributed by atoms with E-state index in [1.54, 1.807) is 31.2 Å². The molecule has 3 nitrogen and oxygen atoms in total. The molecule has 1 amide bonds. The molecule has 1 N–H and O–H groups in total. The lowest BCUT2D eigenvalue weighted by molar-refractivity contribution is 0.102. The van der Waals surface area contributed by atoms with Gasteiger partial charge in [0.2, 0.25) is 0 Å². The molecule has 1 aromatic heterocycles. The number of aromatic nitrogens is 1. The number of nitrogens with one attached hydrogen (secondary N) is 1. The Balaban J connectivity index is 2.06. The first-order valence-electron chi connectivity index (χ1n) is 6.78. The lowest BCUT2D eigenvalue weighted by Gasteiger charge is -2.11. The SMILES string of the molecule is Cc1cc(C(=O)Nc2cccc(Cl)c2Cl)c2ccc(F)cc2n1. The van der Waals surface area contributed by atoms with Gasteiger partial charge in [-0.1, -0.05) is 29.3 Å². The summed E-state index contributed by atoms with van der Waals surface area (Å²) in [6, 6.07) is 10.7. The zero-order chi connectivity index (χ0) is 16.6. The van der Waals surface area contributed by atoms with Crippen molar-refractivity contribution in [1.82, 2.24) is 4.98 Å². The maximum atomic E-state index is 13.4. The van der Waals surface area contributed by atoms with Crippen molar-refractivity contribution in [2.45, 2.75) is 6.92 Å². The van der Waals surface area contributed by atoms with Crippen molar-refractivity contribution in [3.05, 3.63) is 69.6 Å². The summed E-state index contributed by atoms with van der Waals surface area (Å²) in [6.07, 6.45) is 0. The molecule has 0 atom stereocenters. The van der Waals surface area contributed by atoms with Crippen LogP contribution in [0.5, 0.6) is 0 Å². The zero-order valence-electron chi connectivity index (χ0n) is 12.0. The summed E-state index contributed by atoms with van der Waals surface area (Å²) in [4.78, 5) is 16.8. The fourth-order valence-corrected chi connectivity index (χ4v) is 2.66. The standard InChI is InChI=1S/C17H11Cl2FN2O/c1-9-7-12(11-6-5-10(20)8-15(11)21-9)17(23)22-14-4-2-3-13(18)16(14)19/h2-8H,1H3,(H,22,23). The van der Waals surface area contributed by atoms with E-state index in [0.29, 0.717) is 32.9 Å². The molecule has 116 valence electrons. The molecule has 0 spiro atoms. The molecule has 0 saturated heterocycles. The van der Waals surface area contributed by atoms with Crippen molar-refractivity contribution in [2.24, 2.45) is 0 Å². The van der Waals surface area contributed by atoms with Gasteiger partial charge in [-0.3, -0.25) is 9.78 Å². The van der Waals surface area contributed by atoms with Crippen LogP contribution in [0.15, 0.2) is 42.5 Å². The van der Waals surface area contributed by atoms with E-state index >= 15 is 0 Å². The summed E-state index contributed by atoms with van der Waals surface area (Å²) in [5.41, 5.74) is 1.84. The average molecular weight is 349 g/mol. The summed E-state index contributed by atoms with van der Waals surface area (Å²) in [7, 11) is 0. The Kier molecular flexibility index (Phi) is 4.20. The lowest BCUT2D eigenvalue weighted by Crippen LogP contribution is -2.13. The number of nitrogens with zero attached hydrogens (tertiary/aromatic N) is 1. The summed E-state index contributed by atoms with van der Waals surface area (Å²) in [5, 5.41) is 3.90. The number of anilines is 1. The number of carbonyl (C=O) groups is 1. The maximum absolute atomic E-state index is 13.4. The minimum absolute atomic E-state index is 0.267. The third-order valence-corrected chi connectivity index (χ3v) is 4.16. The third kappa shape index (κ3) is 3.14. The molecule has 1 heterocycles. The number of hydrogen-bond acceptors (Lipinski definition) is 2. The van der Waals surface area contributed by atoms with Gasteiger partial charge in [0.05, 0.1) is 26.8 Å². The van der Waals surface area contributed by atoms with Crippen molar-refractivity contribution < 1.29 is 9.18 Å². The van der Waals surface area contributed by atoms with Gasteiger partial charge < -0.3 is 5.32 Å². The van der Waals surface area contributed by atoms with Crippen molar-refractivity contribution in [2.75, 3.05) is 5.32 Å². The van der Waals surface area contributed by atoms with Gasteiger partial charge in [0.1, 0.15) is 5.82 Å². The molecule has 3 rings (SSSR count). The first-order valence-corrected chi connectivity index (χ1v) is 7.53. The molecule has 0 fully saturated rings. The van der Waals surface area contributed by atoms with Crippen LogP contribution in [-0.4, -0.2) is 10.9 Å². The Hall–Kier alpha value is -2.17. The maximum Gasteiger partial charge on any atom is 0.256 e. The van der Waals surface area contributed by atoms with E-state index in [1.807, 2.05) is 0 Å². The highest BCUT2D eigenvalue weighted by atomic mass is 35.5. The molecule has 3 aromatic rings. The van der Waals surface area contributed by atoms with Gasteiger partial charge in [-0.15, -0.1) is 0 Å². The number of carbonyl (C=O) groups excluding carboxylic acids is 1. The monoisotopic (exact) mass is 348 g/mol. The number of benzene rings is 2. The van der Waals surface area contributed by atoms with Crippen molar-refractivity contribution >= 4 is 45.7 Å². The number of halogens is 3. The second kappa shape index (κ2) is 6.14. The fourth-order valence-electron chi connectivity index (χ4n) is 2.31. The Labute approximate surface area is 142 Å². The molecular weight excluding hydrogens is 338 g/mol. The lowest BCUT2D eigenvalue weighted by atomic mass is 10.1. The predicted octanol–water partition coefficient (Wildman–Crippen LogP) is 5.24. The quantitative estimate of drug-likeness (QED) is 0.687. The fraction of sp³-hybridized carbons (Fsp3) is 0.0588. The van der Waals surface area contributed by atoms with E-state index in [4.69, 9.17) is 23.2 Å². The molecule has 23 heavy (non-hydrogen) atoms. The molecule has 2 aromatic carbocycles. The molecule has 0 aliphatic rings. The van der Waals surface area contributed by atoms with Gasteiger partial charge in [0, 0.05) is 17.1 Å². The Morgan fingerprint density at radius 2 is 1.96 bits per heavy atom. The minimum atomic E-state index is -0.403. The molecule has 0 saturated carbocycles. The molecule has 0 unspecified atom stereocenters. The number of aryl methyl sites for hydroxylation is 1. The van der Waals surface area contributed by atoms with Crippen LogP contribution in [-0.2, 0) is 0 Å². The Morgan fingerprint density at radius 3 is 2.74 bits per heavy atom. The molecular formula is C17H11Cl2FN2O. The van der Waals surface area contributed by atoms with E-state index in [2.05, 4.69) is 10.3 Å². The molecule has 0 aliphatic heterocycles. The smallest absolute Gasteiger partial charge is 0.256 e. The Bertz CT molecular complexity index is 923. The van der Waals surface area contributed by atoms with Crippen LogP contribution in [0.3, 0.4) is 0 Å². The van der Waals surface area contributed by atoms with Crippen LogP contribution in [0.1, 0.15) is 16.1 Å². The van der Waals surface area contributed by atoms with E-state index in [9.17, 15) is 9.18 Å². The van der Waals surface area contributed by atoms with Crippen LogP contribution in [0.2, 0.25) is 10.0 Å². The Morgan fingerprint density at radius 1 is 1.17 bits per heavy atom. The largest absolute Gasteiger partial charge is 0.321 e. The zero-order valence-corrected chi connectivity index (χ0v) is 13.5. The van der Waals surface area contributed by atoms with Crippen LogP contribution in [0, 0.1) is 12.7 Å². The van der Waals surface area contributed by atoms with E-state index in [0.717, 1.165) is 0 Å². The van der Waals surface area contributed by atoms with Gasteiger partial charge >= 0.3 is 0 Å². The number of pyridine rings is 1. The van der Waals surface area contributed by atoms with Crippen molar-refractivity contribution in [1.29, 1.82) is 0 Å². The van der Waals surface area contributed by atoms with Crippen LogP contribution < -0.4 is 5.32 Å². The topological polar surface area (TPSA) is 42.0 Å². The van der Waals surface area contributed by atoms with Gasteiger partial charge in [0.15, 0.2) is 0 Å². The van der Waals surface area contributed by atoms with Gasteiger partial charge in [-0.05, 0) is 37.3 Å². The second-order valence-corrected chi connectivity index (χ2v) is 5.81. The minimum Gasteiger partial charge on any atom is -0.321 e. The van der Waals surface area contributed by atoms with Gasteiger partial charge in [0.25, 0.3) is 5.91 Å². The first-order chi connectivity index (χ1) is 11.0. The summed E-state index contributed by atoms with van der Waals surface area (Å²) in [5.74, 6) is -0.767. The summed E-state index contributed by atoms with van der Waals surface area (Å²) in [6.45, 7) is 1.74. The molecule has 6 heteroatoms. The highest BCUT2D eigenvalue weighted by molar-refractivity contribution is 6.44. The second-order valence-electron chi connectivity index (χ2n) is 5.03. The normalized spacial score (nSPS) is 10.8. The molecule has 0 aliphatic carbocycles. The molecule has 0 bridgehead atoms. The van der Waals surface area contributed by atoms with Gasteiger partial charge in [-0.2, -0.15) is 0 Å². The highest BCUT2D eigenvalue weighted by Crippen LogP contribution is 2.30. The molecule has 0 radical (unpaired) electrons. The summed E-state index contributed by atoms with van der Waals surface area (Å²) < 4.78 is 13.4. The summed E-state index contributed by atoms with van der Waals surface area (Å²) >= 11 is 12.0. The predicted molar refractivity (Wildman–Crippen MR) is 90.9 cm³/mol. The number of amides is 1. The number of hydrogen-bond donors (Lipinski definition) is 1. The van der Waals surface area contributed by atoms with Crippen molar-refractivity contribution in [3.63, 3.8) is 0 Å². The average Bonchev–Trinajstić information content (AvgIpc) is 2.50. The van der Waals surface area contributed by atoms with Crippen molar-refractivity contribution in [3.8, 4) is 0 Å².